The highest BCUT2D eigenvalue weighted by molar-refractivity contribution is 7.80. The van der Waals surface area contributed by atoms with E-state index in [1.165, 1.54) is 20.8 Å². The number of hydrogen-bond acceptors (Lipinski definition) is 18. The largest absolute Gasteiger partial charge is 0.370 e. The van der Waals surface area contributed by atoms with Gasteiger partial charge in [0.05, 0.1) is 12.6 Å². The third-order valence-electron chi connectivity index (χ3n) is 13.3. The molecule has 34 nitrogen and oxygen atoms in total. The SMILES string of the molecule is CC[C@H](C)[C@H](NC(=O)[C@H](C)NC(=O)[C@H](CC(C)C)NC(=O)[C@H](CS)NC(=O)[C@H](CCCN=C(N)N)NC(=O)[C@H](C)NC(=O)[C@H](C)NC(=O)[C@H](CS)NC(=O)[C@@H](N)CC(C)C)C(=O)NCC(=O)N[C@@H](CCCN=C(N)N)C(=O)N[C@@H](CCCN=C(N)N)C(N)=O. The van der Waals surface area contributed by atoms with E-state index in [9.17, 15) is 57.5 Å². The molecule has 0 saturated heterocycles. The molecule has 0 spiro atoms. The van der Waals surface area contributed by atoms with Crippen molar-refractivity contribution in [2.75, 3.05) is 37.7 Å². The Labute approximate surface area is 530 Å². The summed E-state index contributed by atoms with van der Waals surface area (Å²) in [6.07, 6.45) is 1.38. The normalized spacial score (nSPS) is 15.0. The van der Waals surface area contributed by atoms with Crippen molar-refractivity contribution >= 4 is 114 Å². The minimum Gasteiger partial charge on any atom is -0.370 e. The lowest BCUT2D eigenvalue weighted by atomic mass is 9.97. The molecule has 89 heavy (non-hydrogen) atoms. The highest BCUT2D eigenvalue weighted by atomic mass is 32.1. The number of carbonyl (C=O) groups excluding carboxylic acids is 12. The first-order valence-electron chi connectivity index (χ1n) is 29.3. The summed E-state index contributed by atoms with van der Waals surface area (Å²) in [4.78, 5) is 172. The number of nitrogens with two attached hydrogens (primary N) is 8. The highest BCUT2D eigenvalue weighted by Gasteiger charge is 2.35. The van der Waals surface area contributed by atoms with Crippen molar-refractivity contribution in [2.45, 2.75) is 187 Å². The molecule has 0 bridgehead atoms. The zero-order valence-corrected chi connectivity index (χ0v) is 54.2. The monoisotopic (exact) mass is 1300 g/mol. The van der Waals surface area contributed by atoms with Crippen LogP contribution in [0.2, 0.25) is 0 Å². The van der Waals surface area contributed by atoms with Gasteiger partial charge in [-0.05, 0) is 89.9 Å². The number of aliphatic imine (C=N–C) groups is 3. The Morgan fingerprint density at radius 2 is 0.730 bits per heavy atom. The summed E-state index contributed by atoms with van der Waals surface area (Å²) in [5.74, 6) is -11.2. The second-order valence-corrected chi connectivity index (χ2v) is 22.9. The number of rotatable bonds is 43. The van der Waals surface area contributed by atoms with Gasteiger partial charge >= 0.3 is 0 Å². The Balaban J connectivity index is 6.16. The first-order valence-corrected chi connectivity index (χ1v) is 30.6. The second-order valence-electron chi connectivity index (χ2n) is 22.2. The maximum Gasteiger partial charge on any atom is 0.244 e. The molecule has 0 aliphatic heterocycles. The van der Waals surface area contributed by atoms with Crippen molar-refractivity contribution < 1.29 is 57.5 Å². The lowest BCUT2D eigenvalue weighted by molar-refractivity contribution is -0.135. The van der Waals surface area contributed by atoms with E-state index in [1.54, 1.807) is 27.7 Å². The first kappa shape index (κ1) is 81.1. The fourth-order valence-electron chi connectivity index (χ4n) is 8.10. The molecule has 0 fully saturated rings. The van der Waals surface area contributed by atoms with Crippen LogP contribution in [0.1, 0.15) is 120 Å². The van der Waals surface area contributed by atoms with Crippen molar-refractivity contribution in [2.24, 2.45) is 78.6 Å². The van der Waals surface area contributed by atoms with E-state index < -0.39 is 150 Å². The summed E-state index contributed by atoms with van der Waals surface area (Å²) in [5.41, 5.74) is 44.0. The number of guanidine groups is 3. The van der Waals surface area contributed by atoms with Gasteiger partial charge in [-0.25, -0.2) is 0 Å². The average Bonchev–Trinajstić information content (AvgIpc) is 3.44. The Bertz CT molecular complexity index is 2460. The van der Waals surface area contributed by atoms with Crippen LogP contribution in [-0.2, 0) is 57.5 Å². The molecule has 36 heteroatoms. The molecule has 12 amide bonds. The van der Waals surface area contributed by atoms with Crippen LogP contribution in [0.25, 0.3) is 0 Å². The van der Waals surface area contributed by atoms with Gasteiger partial charge in [-0.2, -0.15) is 25.3 Å². The summed E-state index contributed by atoms with van der Waals surface area (Å²) in [5, 5.41) is 27.8. The molecular formula is C53H100N22O12S2. The van der Waals surface area contributed by atoms with E-state index in [-0.39, 0.29) is 106 Å². The van der Waals surface area contributed by atoms with Gasteiger partial charge in [-0.15, -0.1) is 0 Å². The smallest absolute Gasteiger partial charge is 0.244 e. The second kappa shape index (κ2) is 42.9. The van der Waals surface area contributed by atoms with Gasteiger partial charge in [-0.1, -0.05) is 48.0 Å². The Morgan fingerprint density at radius 3 is 1.15 bits per heavy atom. The van der Waals surface area contributed by atoms with Crippen molar-refractivity contribution in [3.8, 4) is 0 Å². The van der Waals surface area contributed by atoms with Crippen LogP contribution < -0.4 is 104 Å². The minimum atomic E-state index is -1.41. The van der Waals surface area contributed by atoms with Crippen LogP contribution >= 0.6 is 25.3 Å². The van der Waals surface area contributed by atoms with Crippen LogP contribution in [-0.4, -0.2) is 193 Å². The molecule has 0 aromatic rings. The predicted molar refractivity (Wildman–Crippen MR) is 342 cm³/mol. The van der Waals surface area contributed by atoms with Crippen molar-refractivity contribution in [3.63, 3.8) is 0 Å². The number of thiol groups is 2. The van der Waals surface area contributed by atoms with E-state index in [0.717, 1.165) is 0 Å². The van der Waals surface area contributed by atoms with Crippen molar-refractivity contribution in [1.82, 2.24) is 58.5 Å². The zero-order chi connectivity index (χ0) is 68.2. The summed E-state index contributed by atoms with van der Waals surface area (Å²) in [6.45, 7) is 14.3. The summed E-state index contributed by atoms with van der Waals surface area (Å²) in [6, 6.07) is -13.5. The van der Waals surface area contributed by atoms with Crippen LogP contribution in [0.15, 0.2) is 15.0 Å². The van der Waals surface area contributed by atoms with Crippen LogP contribution in [0.3, 0.4) is 0 Å². The molecule has 506 valence electrons. The molecule has 0 aromatic carbocycles. The lowest BCUT2D eigenvalue weighted by Crippen LogP contribution is -2.60. The topological polar surface area (TPSA) is 582 Å². The summed E-state index contributed by atoms with van der Waals surface area (Å²) in [7, 11) is 0. The molecule has 0 rings (SSSR count). The highest BCUT2D eigenvalue weighted by Crippen LogP contribution is 2.12. The van der Waals surface area contributed by atoms with Gasteiger partial charge < -0.3 is 104 Å². The molecule has 0 saturated carbocycles. The Hall–Kier alpha value is -7.89. The third kappa shape index (κ3) is 33.9. The minimum absolute atomic E-state index is 0.00656. The molecule has 27 N–H and O–H groups in total. The molecule has 0 aliphatic carbocycles. The molecule has 0 heterocycles. The van der Waals surface area contributed by atoms with E-state index in [4.69, 9.17) is 45.9 Å². The molecule has 0 aromatic heterocycles. The first-order chi connectivity index (χ1) is 41.6. The molecule has 12 atom stereocenters. The van der Waals surface area contributed by atoms with Gasteiger partial charge in [0.25, 0.3) is 0 Å². The van der Waals surface area contributed by atoms with E-state index in [0.29, 0.717) is 12.8 Å². The maximum atomic E-state index is 13.9. The quantitative estimate of drug-likeness (QED) is 0.0117. The molecular weight excluding hydrogens is 1200 g/mol. The number of nitrogens with one attached hydrogen (secondary N) is 11. The summed E-state index contributed by atoms with van der Waals surface area (Å²) >= 11 is 8.42. The number of hydrogen-bond donors (Lipinski definition) is 21. The lowest BCUT2D eigenvalue weighted by Gasteiger charge is -2.28. The van der Waals surface area contributed by atoms with Gasteiger partial charge in [0.1, 0.15) is 60.4 Å². The number of amides is 12. The Kier molecular flexibility index (Phi) is 39.1. The third-order valence-corrected chi connectivity index (χ3v) is 14.0. The summed E-state index contributed by atoms with van der Waals surface area (Å²) < 4.78 is 0. The maximum absolute atomic E-state index is 13.9. The van der Waals surface area contributed by atoms with Gasteiger partial charge in [0.2, 0.25) is 70.9 Å². The van der Waals surface area contributed by atoms with E-state index in [2.05, 4.69) is 98.7 Å². The van der Waals surface area contributed by atoms with Gasteiger partial charge in [0, 0.05) is 31.1 Å². The predicted octanol–water partition coefficient (Wildman–Crippen LogP) is -7.02. The number of primary amides is 1. The van der Waals surface area contributed by atoms with Gasteiger partial charge in [-0.3, -0.25) is 72.5 Å². The molecule has 0 aliphatic rings. The fourth-order valence-corrected chi connectivity index (χ4v) is 8.61. The fraction of sp³-hybridized carbons (Fsp3) is 0.717. The van der Waals surface area contributed by atoms with Crippen molar-refractivity contribution in [1.29, 1.82) is 0 Å². The standard InChI is InChI=1S/C53H100N22O12S2/c1-10-27(6)39(50(87)65-22-38(76)69-33(15-12-18-63-52(58)59)45(82)70-32(40(55)77)14-11-17-62-51(56)57)75-43(80)30(9)67-47(84)35(21-26(4)5)72-49(86)37(24-89)74-46(83)34(16-13-19-64-53(60)61)71-42(79)29(8)66-41(78)28(7)68-48(85)36(23-88)73-44(81)31(54)20-25(2)3/h25-37,39,88-89H,10-24,54H2,1-9H3,(H2,55,77)(H,65,87)(H,66,78)(H,67,84)(H,68,85)(H,69,76)(H,70,82)(H,71,79)(H,72,86)(H,73,81)(H,74,83)(H,75,80)(H4,56,57,62)(H4,58,59,63)(H4,60,61,64)/t27-,28-,29-,30-,31-,32-,33-,34-,35-,36-,37-,39-/m0/s1. The number of nitrogens with zero attached hydrogens (tertiary/aromatic N) is 3. The molecule has 0 unspecified atom stereocenters. The van der Waals surface area contributed by atoms with Crippen LogP contribution in [0.5, 0.6) is 0 Å². The Morgan fingerprint density at radius 1 is 0.393 bits per heavy atom. The van der Waals surface area contributed by atoms with Crippen LogP contribution in [0, 0.1) is 17.8 Å². The molecule has 0 radical (unpaired) electrons. The van der Waals surface area contributed by atoms with E-state index in [1.807, 2.05) is 13.8 Å². The van der Waals surface area contributed by atoms with E-state index >= 15 is 0 Å². The van der Waals surface area contributed by atoms with Gasteiger partial charge in [0.15, 0.2) is 17.9 Å². The zero-order valence-electron chi connectivity index (χ0n) is 52.4. The number of carbonyl (C=O) groups is 12. The van der Waals surface area contributed by atoms with Crippen molar-refractivity contribution in [3.05, 3.63) is 0 Å². The average molecular weight is 1300 g/mol. The van der Waals surface area contributed by atoms with Crippen LogP contribution in [0.4, 0.5) is 0 Å².